The smallest absolute Gasteiger partial charge is 0.251 e. The number of nitrogens with zero attached hydrogens (tertiary/aromatic N) is 1. The monoisotopic (exact) mass is 255 g/mol. The Labute approximate surface area is 103 Å². The van der Waals surface area contributed by atoms with Crippen molar-refractivity contribution < 1.29 is 9.59 Å². The number of amides is 1. The molecule has 3 nitrogen and oxygen atoms in total. The van der Waals surface area contributed by atoms with E-state index in [0.717, 1.165) is 16.7 Å². The average molecular weight is 256 g/mol. The molecule has 1 amide bonds. The molecule has 0 radical (unpaired) electrons. The van der Waals surface area contributed by atoms with E-state index in [1.807, 2.05) is 24.3 Å². The van der Waals surface area contributed by atoms with Gasteiger partial charge in [0, 0.05) is 4.90 Å². The number of alkyl halides is 1. The predicted octanol–water partition coefficient (Wildman–Crippen LogP) is 2.40. The number of aldehydes is 1. The molecule has 0 bridgehead atoms. The summed E-state index contributed by atoms with van der Waals surface area (Å²) in [5, 5.41) is -0.621. The first-order valence-electron chi connectivity index (χ1n) is 4.84. The Morgan fingerprint density at radius 1 is 1.56 bits per heavy atom. The van der Waals surface area contributed by atoms with Crippen molar-refractivity contribution in [2.24, 2.45) is 0 Å². The Morgan fingerprint density at radius 2 is 2.25 bits per heavy atom. The number of hydrogen-bond acceptors (Lipinski definition) is 3. The van der Waals surface area contributed by atoms with E-state index in [4.69, 9.17) is 11.6 Å². The molecule has 0 spiro atoms. The lowest BCUT2D eigenvalue weighted by atomic mass is 10.1. The second kappa shape index (κ2) is 4.47. The molecule has 0 aromatic heterocycles. The number of fused-ring (bicyclic) bond motifs is 1. The van der Waals surface area contributed by atoms with E-state index in [9.17, 15) is 9.59 Å². The van der Waals surface area contributed by atoms with Crippen LogP contribution in [0.2, 0.25) is 0 Å². The molecule has 0 saturated carbocycles. The van der Waals surface area contributed by atoms with Gasteiger partial charge in [0.15, 0.2) is 0 Å². The second-order valence-electron chi connectivity index (χ2n) is 3.49. The Bertz CT molecular complexity index is 436. The lowest BCUT2D eigenvalue weighted by molar-refractivity contribution is -0.129. The minimum atomic E-state index is -0.621. The summed E-state index contributed by atoms with van der Waals surface area (Å²) in [4.78, 5) is 23.8. The molecule has 0 fully saturated rings. The van der Waals surface area contributed by atoms with Gasteiger partial charge >= 0.3 is 0 Å². The van der Waals surface area contributed by atoms with E-state index in [0.29, 0.717) is 0 Å². The highest BCUT2D eigenvalue weighted by molar-refractivity contribution is 7.97. The highest BCUT2D eigenvalue weighted by atomic mass is 35.5. The summed E-state index contributed by atoms with van der Waals surface area (Å²) >= 11 is 7.03. The molecule has 2 rings (SSSR count). The normalized spacial score (nSPS) is 20.4. The van der Waals surface area contributed by atoms with Gasteiger partial charge in [0.05, 0.1) is 0 Å². The first-order valence-corrected chi connectivity index (χ1v) is 6.05. The Hall–Kier alpha value is -1.00. The third-order valence-corrected chi connectivity index (χ3v) is 3.73. The van der Waals surface area contributed by atoms with Crippen molar-refractivity contribution in [1.29, 1.82) is 0 Å². The number of carbonyl (C=O) groups is 2. The minimum Gasteiger partial charge on any atom is -0.301 e. The van der Waals surface area contributed by atoms with Gasteiger partial charge in [-0.05, 0) is 30.5 Å². The molecule has 5 heteroatoms. The summed E-state index contributed by atoms with van der Waals surface area (Å²) < 4.78 is 1.44. The second-order valence-corrected chi connectivity index (χ2v) is 5.16. The van der Waals surface area contributed by atoms with Crippen LogP contribution in [0, 0.1) is 0 Å². The van der Waals surface area contributed by atoms with Crippen LogP contribution in [0.15, 0.2) is 29.2 Å². The van der Waals surface area contributed by atoms with Gasteiger partial charge in [0.2, 0.25) is 0 Å². The lowest BCUT2D eigenvalue weighted by Crippen LogP contribution is -2.31. The van der Waals surface area contributed by atoms with Crippen LogP contribution in [-0.2, 0) is 9.59 Å². The fourth-order valence-corrected chi connectivity index (χ4v) is 2.92. The molecule has 16 heavy (non-hydrogen) atoms. The summed E-state index contributed by atoms with van der Waals surface area (Å²) in [6.45, 7) is 1.61. The van der Waals surface area contributed by atoms with Gasteiger partial charge in [0.1, 0.15) is 17.7 Å². The van der Waals surface area contributed by atoms with E-state index in [2.05, 4.69) is 0 Å². The molecule has 1 aromatic carbocycles. The zero-order chi connectivity index (χ0) is 11.7. The van der Waals surface area contributed by atoms with Gasteiger partial charge in [-0.15, -0.1) is 11.6 Å². The largest absolute Gasteiger partial charge is 0.301 e. The van der Waals surface area contributed by atoms with Gasteiger partial charge in [-0.2, -0.15) is 0 Å². The van der Waals surface area contributed by atoms with Crippen molar-refractivity contribution in [1.82, 2.24) is 4.31 Å². The summed E-state index contributed by atoms with van der Waals surface area (Å²) in [6, 6.07) is 6.96. The Kier molecular flexibility index (Phi) is 3.21. The maximum Gasteiger partial charge on any atom is 0.251 e. The van der Waals surface area contributed by atoms with Crippen molar-refractivity contribution in [3.8, 4) is 0 Å². The van der Waals surface area contributed by atoms with E-state index in [-0.39, 0.29) is 5.91 Å². The number of benzene rings is 1. The summed E-state index contributed by atoms with van der Waals surface area (Å²) in [7, 11) is 0. The Balaban J connectivity index is 2.34. The molecule has 0 aliphatic carbocycles. The SMILES string of the molecule is CC(Cl)C(=O)N1Sc2ccccc2C1C=O. The molecule has 0 N–H and O–H groups in total. The molecule has 84 valence electrons. The fraction of sp³-hybridized carbons (Fsp3) is 0.273. The van der Waals surface area contributed by atoms with Crippen molar-refractivity contribution in [3.05, 3.63) is 29.8 Å². The third kappa shape index (κ3) is 1.83. The van der Waals surface area contributed by atoms with E-state index in [1.165, 1.54) is 16.3 Å². The predicted molar refractivity (Wildman–Crippen MR) is 63.3 cm³/mol. The maximum absolute atomic E-state index is 11.8. The highest BCUT2D eigenvalue weighted by Crippen LogP contribution is 2.43. The van der Waals surface area contributed by atoms with Gasteiger partial charge < -0.3 is 4.79 Å². The van der Waals surface area contributed by atoms with Crippen LogP contribution in [0.4, 0.5) is 0 Å². The molecule has 1 heterocycles. The van der Waals surface area contributed by atoms with Gasteiger partial charge in [-0.1, -0.05) is 18.2 Å². The lowest BCUT2D eigenvalue weighted by Gasteiger charge is -2.20. The highest BCUT2D eigenvalue weighted by Gasteiger charge is 2.35. The van der Waals surface area contributed by atoms with Gasteiger partial charge in [0.25, 0.3) is 5.91 Å². The van der Waals surface area contributed by atoms with Crippen LogP contribution in [0.3, 0.4) is 0 Å². The maximum atomic E-state index is 11.8. The summed E-state index contributed by atoms with van der Waals surface area (Å²) in [5.74, 6) is -0.236. The van der Waals surface area contributed by atoms with Crippen molar-refractivity contribution in [2.45, 2.75) is 23.2 Å². The van der Waals surface area contributed by atoms with Crippen LogP contribution >= 0.6 is 23.5 Å². The summed E-state index contributed by atoms with van der Waals surface area (Å²) in [5.41, 5.74) is 0.869. The number of rotatable bonds is 2. The Morgan fingerprint density at radius 3 is 2.88 bits per heavy atom. The van der Waals surface area contributed by atoms with Crippen LogP contribution in [0.5, 0.6) is 0 Å². The molecule has 2 atom stereocenters. The average Bonchev–Trinajstić information content (AvgIpc) is 2.65. The number of carbonyl (C=O) groups excluding carboxylic acids is 2. The molecule has 1 aliphatic heterocycles. The molecule has 1 aromatic rings. The van der Waals surface area contributed by atoms with E-state index in [1.54, 1.807) is 6.92 Å². The van der Waals surface area contributed by atoms with Crippen molar-refractivity contribution >= 4 is 35.7 Å². The standard InChI is InChI=1S/C11H10ClNO2S/c1-7(12)11(15)13-9(6-14)8-4-2-3-5-10(8)16-13/h2-7,9H,1H3. The summed E-state index contributed by atoms with van der Waals surface area (Å²) in [6.07, 6.45) is 0.774. The molecular weight excluding hydrogens is 246 g/mol. The first kappa shape index (κ1) is 11.5. The molecule has 0 saturated heterocycles. The van der Waals surface area contributed by atoms with Gasteiger partial charge in [-0.3, -0.25) is 9.10 Å². The van der Waals surface area contributed by atoms with Crippen LogP contribution < -0.4 is 0 Å². The topological polar surface area (TPSA) is 37.4 Å². The number of hydrogen-bond donors (Lipinski definition) is 0. The molecule has 2 unspecified atom stereocenters. The zero-order valence-electron chi connectivity index (χ0n) is 8.59. The number of halogens is 1. The van der Waals surface area contributed by atoms with E-state index < -0.39 is 11.4 Å². The van der Waals surface area contributed by atoms with Crippen molar-refractivity contribution in [3.63, 3.8) is 0 Å². The van der Waals surface area contributed by atoms with Crippen LogP contribution in [-0.4, -0.2) is 21.9 Å². The molecule has 1 aliphatic rings. The van der Waals surface area contributed by atoms with Crippen LogP contribution in [0.25, 0.3) is 0 Å². The first-order chi connectivity index (χ1) is 7.65. The fourth-order valence-electron chi connectivity index (χ4n) is 1.58. The zero-order valence-corrected chi connectivity index (χ0v) is 10.2. The third-order valence-electron chi connectivity index (χ3n) is 2.37. The van der Waals surface area contributed by atoms with Crippen molar-refractivity contribution in [2.75, 3.05) is 0 Å². The minimum absolute atomic E-state index is 0.236. The quantitative estimate of drug-likeness (QED) is 0.463. The molecular formula is C11H10ClNO2S. The van der Waals surface area contributed by atoms with E-state index >= 15 is 0 Å². The van der Waals surface area contributed by atoms with Gasteiger partial charge in [-0.25, -0.2) is 0 Å². The van der Waals surface area contributed by atoms with Crippen LogP contribution in [0.1, 0.15) is 18.5 Å².